The van der Waals surface area contributed by atoms with Crippen LogP contribution in [0.25, 0.3) is 55.0 Å². The van der Waals surface area contributed by atoms with Crippen molar-refractivity contribution in [1.82, 2.24) is 0 Å². The first-order chi connectivity index (χ1) is 33.6. The summed E-state index contributed by atoms with van der Waals surface area (Å²) in [7, 11) is 0. The zero-order valence-corrected chi connectivity index (χ0v) is 44.0. The summed E-state index contributed by atoms with van der Waals surface area (Å²) >= 11 is 0. The van der Waals surface area contributed by atoms with E-state index in [-0.39, 0.29) is 39.3 Å². The number of hydrogen-bond donors (Lipinski definition) is 0. The normalized spacial score (nSPS) is 20.4. The molecule has 0 saturated carbocycles. The molecule has 0 atom stereocenters. The van der Waals surface area contributed by atoms with Crippen LogP contribution in [0.15, 0.2) is 124 Å². The van der Waals surface area contributed by atoms with Crippen molar-refractivity contribution >= 4 is 90.1 Å². The van der Waals surface area contributed by atoms with E-state index in [1.54, 1.807) is 0 Å². The van der Waals surface area contributed by atoms with Crippen LogP contribution in [0.5, 0.6) is 0 Å². The van der Waals surface area contributed by atoms with Crippen molar-refractivity contribution in [2.24, 2.45) is 0 Å². The Balaban J connectivity index is 1.15. The summed E-state index contributed by atoms with van der Waals surface area (Å²) in [6.45, 7) is 29.2. The fourth-order valence-corrected chi connectivity index (χ4v) is 14.5. The van der Waals surface area contributed by atoms with Crippen molar-refractivity contribution in [3.63, 3.8) is 0 Å². The van der Waals surface area contributed by atoms with E-state index in [1.165, 1.54) is 84.3 Å². The molecular formula is C66H67BN2O2. The second-order valence-corrected chi connectivity index (χ2v) is 26.5. The number of furan rings is 2. The lowest BCUT2D eigenvalue weighted by molar-refractivity contribution is 0.332. The molecule has 0 bridgehead atoms. The van der Waals surface area contributed by atoms with Crippen LogP contribution in [-0.4, -0.2) is 6.85 Å². The third-order valence-electron chi connectivity index (χ3n) is 19.2. The van der Waals surface area contributed by atoms with Gasteiger partial charge in [-0.05, 0) is 176 Å². The molecular weight excluding hydrogens is 864 g/mol. The fraction of sp³-hybridized carbons (Fsp3) is 0.364. The maximum absolute atomic E-state index is 7.27. The lowest BCUT2D eigenvalue weighted by Crippen LogP contribution is -2.62. The molecule has 5 heteroatoms. The number of nitrogens with zero attached hydrogens (tertiary/aromatic N) is 2. The molecule has 0 radical (unpaired) electrons. The van der Waals surface area contributed by atoms with Gasteiger partial charge in [-0.15, -0.1) is 0 Å². The van der Waals surface area contributed by atoms with Gasteiger partial charge in [0.25, 0.3) is 0 Å². The standard InChI is InChI=1S/C66H67BN2O2/c1-61(2)24-25-62(3,4)46-30-39(22-23-45(46)61)68-53-35-49-48(64(7,8)27-28-65(49,9)10)34-51(53)67-59-54(68)33-43-40-20-16-17-21-55(40)71-60(43)58(59)44-31-41-42-32-47-50(66(11,12)29-26-63(47,5)6)36-56(42)70-57(41)37-52(44)69(67)38-18-14-13-15-19-38/h13-23,30-37H,24-29H2,1-12H3. The molecule has 2 aliphatic heterocycles. The lowest BCUT2D eigenvalue weighted by Gasteiger charge is -2.48. The summed E-state index contributed by atoms with van der Waals surface area (Å²) in [6, 6.07) is 44.9. The number of fused-ring (bicyclic) bond motifs is 14. The average Bonchev–Trinajstić information content (AvgIpc) is 3.89. The Bertz CT molecular complexity index is 3800. The highest BCUT2D eigenvalue weighted by Gasteiger charge is 2.50. The van der Waals surface area contributed by atoms with Crippen molar-refractivity contribution in [2.45, 2.75) is 154 Å². The Morgan fingerprint density at radius 3 is 1.62 bits per heavy atom. The second-order valence-electron chi connectivity index (χ2n) is 26.5. The minimum absolute atomic E-state index is 0.00479. The Labute approximate surface area is 420 Å². The molecule has 5 aliphatic rings. The first-order valence-corrected chi connectivity index (χ1v) is 26.7. The third kappa shape index (κ3) is 5.93. The van der Waals surface area contributed by atoms with Gasteiger partial charge in [-0.25, -0.2) is 0 Å². The highest BCUT2D eigenvalue weighted by molar-refractivity contribution is 6.94. The quantitative estimate of drug-likeness (QED) is 0.162. The van der Waals surface area contributed by atoms with Crippen LogP contribution in [0.3, 0.4) is 0 Å². The van der Waals surface area contributed by atoms with E-state index in [9.17, 15) is 0 Å². The molecule has 3 aliphatic carbocycles. The summed E-state index contributed by atoms with van der Waals surface area (Å²) in [4.78, 5) is 5.33. The molecule has 14 rings (SSSR count). The summed E-state index contributed by atoms with van der Waals surface area (Å²) in [5, 5.41) is 4.63. The van der Waals surface area contributed by atoms with Gasteiger partial charge in [0.2, 0.25) is 0 Å². The van der Waals surface area contributed by atoms with E-state index in [4.69, 9.17) is 8.83 Å². The summed E-state index contributed by atoms with van der Waals surface area (Å²) in [5.41, 5.74) is 23.8. The van der Waals surface area contributed by atoms with Gasteiger partial charge in [0, 0.05) is 67.2 Å². The first-order valence-electron chi connectivity index (χ1n) is 26.7. The minimum Gasteiger partial charge on any atom is -0.456 e. The smallest absolute Gasteiger partial charge is 0.333 e. The molecule has 7 aromatic carbocycles. The van der Waals surface area contributed by atoms with Gasteiger partial charge in [0.1, 0.15) is 22.3 Å². The molecule has 4 heterocycles. The van der Waals surface area contributed by atoms with Crippen LogP contribution in [-0.2, 0) is 32.5 Å². The zero-order valence-electron chi connectivity index (χ0n) is 44.0. The molecule has 0 fully saturated rings. The van der Waals surface area contributed by atoms with E-state index >= 15 is 0 Å². The second kappa shape index (κ2) is 13.8. The van der Waals surface area contributed by atoms with Gasteiger partial charge in [-0.3, -0.25) is 0 Å². The molecule has 71 heavy (non-hydrogen) atoms. The summed E-state index contributed by atoms with van der Waals surface area (Å²) in [5.74, 6) is 0. The number of anilines is 5. The molecule has 9 aromatic rings. The Hall–Kier alpha value is -6.20. The summed E-state index contributed by atoms with van der Waals surface area (Å²) in [6.07, 6.45) is 6.95. The number of benzene rings is 7. The Kier molecular flexibility index (Phi) is 8.50. The molecule has 0 unspecified atom stereocenters. The maximum Gasteiger partial charge on any atom is 0.333 e. The molecule has 2 aromatic heterocycles. The van der Waals surface area contributed by atoms with Crippen molar-refractivity contribution in [3.8, 4) is 11.1 Å². The van der Waals surface area contributed by atoms with Crippen molar-refractivity contribution < 1.29 is 8.83 Å². The zero-order chi connectivity index (χ0) is 49.1. The van der Waals surface area contributed by atoms with Gasteiger partial charge in [-0.1, -0.05) is 132 Å². The van der Waals surface area contributed by atoms with Gasteiger partial charge < -0.3 is 18.5 Å². The Morgan fingerprint density at radius 2 is 0.944 bits per heavy atom. The van der Waals surface area contributed by atoms with Crippen molar-refractivity contribution in [1.29, 1.82) is 0 Å². The van der Waals surface area contributed by atoms with Crippen LogP contribution in [0.2, 0.25) is 0 Å². The van der Waals surface area contributed by atoms with Gasteiger partial charge >= 0.3 is 6.85 Å². The molecule has 0 saturated heterocycles. The van der Waals surface area contributed by atoms with Gasteiger partial charge in [0.05, 0.1) is 0 Å². The van der Waals surface area contributed by atoms with Crippen LogP contribution in [0.1, 0.15) is 155 Å². The fourth-order valence-electron chi connectivity index (χ4n) is 14.5. The van der Waals surface area contributed by atoms with Gasteiger partial charge in [-0.2, -0.15) is 0 Å². The maximum atomic E-state index is 7.27. The molecule has 0 amide bonds. The number of rotatable bonds is 2. The number of para-hydroxylation sites is 2. The highest BCUT2D eigenvalue weighted by Crippen LogP contribution is 2.56. The average molecular weight is 931 g/mol. The van der Waals surface area contributed by atoms with Crippen LogP contribution >= 0.6 is 0 Å². The van der Waals surface area contributed by atoms with Crippen LogP contribution in [0, 0.1) is 0 Å². The lowest BCUT2D eigenvalue weighted by atomic mass is 9.42. The third-order valence-corrected chi connectivity index (χ3v) is 19.2. The van der Waals surface area contributed by atoms with E-state index in [0.29, 0.717) is 0 Å². The van der Waals surface area contributed by atoms with E-state index < -0.39 is 0 Å². The van der Waals surface area contributed by atoms with Crippen LogP contribution in [0.4, 0.5) is 28.4 Å². The van der Waals surface area contributed by atoms with E-state index in [2.05, 4.69) is 208 Å². The molecule has 0 spiro atoms. The molecule has 356 valence electrons. The van der Waals surface area contributed by atoms with Crippen molar-refractivity contribution in [2.75, 3.05) is 9.71 Å². The SMILES string of the molecule is CC1(C)CCC(C)(C)c2cc(N3c4cc5c(cc4B4c6c3cc3c(oc7ccccc73)c6-c3cc6c(cc3N4c3ccccc3)oc3cc4c(cc36)C(C)(C)CCC4(C)C)C(C)(C)CCC5(C)C)ccc21. The highest BCUT2D eigenvalue weighted by atomic mass is 16.3. The largest absolute Gasteiger partial charge is 0.456 e. The predicted octanol–water partition coefficient (Wildman–Crippen LogP) is 17.2. The molecule has 4 nitrogen and oxygen atoms in total. The number of hydrogen-bond acceptors (Lipinski definition) is 4. The Morgan fingerprint density at radius 1 is 0.394 bits per heavy atom. The topological polar surface area (TPSA) is 32.8 Å². The van der Waals surface area contributed by atoms with Crippen LogP contribution < -0.4 is 20.6 Å². The monoisotopic (exact) mass is 931 g/mol. The van der Waals surface area contributed by atoms with E-state index in [0.717, 1.165) is 82.0 Å². The molecule has 0 N–H and O–H groups in total. The summed E-state index contributed by atoms with van der Waals surface area (Å²) < 4.78 is 14.4. The minimum atomic E-state index is -0.173. The first kappa shape index (κ1) is 43.6. The van der Waals surface area contributed by atoms with Crippen molar-refractivity contribution in [3.05, 3.63) is 149 Å². The van der Waals surface area contributed by atoms with Gasteiger partial charge in [0.15, 0.2) is 0 Å². The van der Waals surface area contributed by atoms with E-state index in [1.807, 2.05) is 0 Å². The predicted molar refractivity (Wildman–Crippen MR) is 301 cm³/mol.